The van der Waals surface area contributed by atoms with E-state index in [9.17, 15) is 0 Å². The fourth-order valence-corrected chi connectivity index (χ4v) is 4.45. The second-order valence-corrected chi connectivity index (χ2v) is 15.2. The minimum absolute atomic E-state index is 0.0586. The molecular weight excluding hydrogens is 581 g/mol. The second-order valence-electron chi connectivity index (χ2n) is 15.2. The van der Waals surface area contributed by atoms with Gasteiger partial charge in [0.25, 0.3) is 0 Å². The molecule has 0 spiro atoms. The summed E-state index contributed by atoms with van der Waals surface area (Å²) in [5.74, 6) is 0. The number of aromatic nitrogens is 2. The predicted octanol–water partition coefficient (Wildman–Crippen LogP) is 14.7. The average molecular weight is 651 g/mol. The van der Waals surface area contributed by atoms with Gasteiger partial charge in [0.2, 0.25) is 0 Å². The Morgan fingerprint density at radius 2 is 0.896 bits per heavy atom. The van der Waals surface area contributed by atoms with Crippen LogP contribution >= 0.6 is 0 Å². The molecule has 2 heteroatoms. The maximum atomic E-state index is 4.38. The summed E-state index contributed by atoms with van der Waals surface area (Å²) in [4.78, 5) is 0. The normalized spacial score (nSPS) is 10.6. The Labute approximate surface area is 297 Å². The van der Waals surface area contributed by atoms with Crippen molar-refractivity contribution in [2.75, 3.05) is 0 Å². The van der Waals surface area contributed by atoms with Crippen molar-refractivity contribution in [2.24, 2.45) is 0 Å². The molecule has 2 nitrogen and oxygen atoms in total. The van der Waals surface area contributed by atoms with Crippen molar-refractivity contribution in [3.63, 3.8) is 0 Å². The molecule has 48 heavy (non-hydrogen) atoms. The number of nitrogens with zero attached hydrogens (tertiary/aromatic N) is 2. The minimum atomic E-state index is 0.0586. The largest absolute Gasteiger partial charge is 0.260 e. The zero-order chi connectivity index (χ0) is 36.8. The molecule has 264 valence electrons. The molecule has 0 aliphatic carbocycles. The van der Waals surface area contributed by atoms with Crippen LogP contribution in [0.25, 0.3) is 22.0 Å². The predicted molar refractivity (Wildman–Crippen MR) is 218 cm³/mol. The SMILES string of the molecule is CC(C)(C)c1ccccc1.CC(C)(C)c1ccccc1-c1ccccc1.CC(C)(C)n1ncc2ccccc21.CCC.CCC.CCC. The van der Waals surface area contributed by atoms with E-state index in [-0.39, 0.29) is 11.0 Å². The Kier molecular flexibility index (Phi) is 21.1. The number of benzene rings is 4. The van der Waals surface area contributed by atoms with E-state index < -0.39 is 0 Å². The van der Waals surface area contributed by atoms with Crippen molar-refractivity contribution in [1.82, 2.24) is 9.78 Å². The fraction of sp³-hybridized carbons (Fsp3) is 0.457. The van der Waals surface area contributed by atoms with Crippen molar-refractivity contribution >= 4 is 10.9 Å². The lowest BCUT2D eigenvalue weighted by Gasteiger charge is -2.23. The first-order chi connectivity index (χ1) is 22.5. The second kappa shape index (κ2) is 22.8. The lowest BCUT2D eigenvalue weighted by Crippen LogP contribution is -2.22. The smallest absolute Gasteiger partial charge is 0.0688 e. The number of hydrogen-bond donors (Lipinski definition) is 0. The lowest BCUT2D eigenvalue weighted by molar-refractivity contribution is 0.368. The van der Waals surface area contributed by atoms with Crippen LogP contribution in [0.15, 0.2) is 115 Å². The van der Waals surface area contributed by atoms with Gasteiger partial charge in [0, 0.05) is 5.39 Å². The molecule has 0 saturated carbocycles. The number of hydrogen-bond acceptors (Lipinski definition) is 1. The molecule has 5 aromatic rings. The van der Waals surface area contributed by atoms with Crippen LogP contribution in [0.3, 0.4) is 0 Å². The Morgan fingerprint density at radius 1 is 0.479 bits per heavy atom. The molecule has 1 heterocycles. The molecule has 0 saturated heterocycles. The summed E-state index contributed by atoms with van der Waals surface area (Å²) in [6, 6.07) is 38.1. The van der Waals surface area contributed by atoms with Crippen molar-refractivity contribution in [1.29, 1.82) is 0 Å². The van der Waals surface area contributed by atoms with Gasteiger partial charge >= 0.3 is 0 Å². The molecule has 0 amide bonds. The molecule has 0 bridgehead atoms. The highest BCUT2D eigenvalue weighted by Gasteiger charge is 2.18. The van der Waals surface area contributed by atoms with Crippen LogP contribution in [0.1, 0.15) is 134 Å². The molecule has 0 radical (unpaired) electrons. The third-order valence-corrected chi connectivity index (χ3v) is 6.57. The summed E-state index contributed by atoms with van der Waals surface area (Å²) < 4.78 is 2.06. The van der Waals surface area contributed by atoms with Crippen LogP contribution in [-0.2, 0) is 16.4 Å². The van der Waals surface area contributed by atoms with Gasteiger partial charge in [-0.3, -0.25) is 4.68 Å². The molecule has 0 unspecified atom stereocenters. The van der Waals surface area contributed by atoms with Gasteiger partial charge < -0.3 is 0 Å². The third-order valence-electron chi connectivity index (χ3n) is 6.57. The highest BCUT2D eigenvalue weighted by atomic mass is 15.3. The molecule has 4 aromatic carbocycles. The summed E-state index contributed by atoms with van der Waals surface area (Å²) in [6.07, 6.45) is 5.67. The quantitative estimate of drug-likeness (QED) is 0.176. The van der Waals surface area contributed by atoms with E-state index in [4.69, 9.17) is 0 Å². The molecule has 0 fully saturated rings. The van der Waals surface area contributed by atoms with Crippen molar-refractivity contribution < 1.29 is 0 Å². The first kappa shape index (κ1) is 44.4. The van der Waals surface area contributed by atoms with Gasteiger partial charge in [-0.15, -0.1) is 0 Å². The van der Waals surface area contributed by atoms with Crippen LogP contribution < -0.4 is 0 Å². The van der Waals surface area contributed by atoms with Gasteiger partial charge in [-0.05, 0) is 59.9 Å². The maximum absolute atomic E-state index is 4.38. The molecule has 0 aliphatic rings. The monoisotopic (exact) mass is 651 g/mol. The Hall–Kier alpha value is -3.65. The molecule has 0 N–H and O–H groups in total. The van der Waals surface area contributed by atoms with Gasteiger partial charge in [0.05, 0.1) is 17.3 Å². The lowest BCUT2D eigenvalue weighted by atomic mass is 9.82. The van der Waals surface area contributed by atoms with Gasteiger partial charge in [0.1, 0.15) is 0 Å². The first-order valence-corrected chi connectivity index (χ1v) is 18.2. The minimum Gasteiger partial charge on any atom is -0.260 e. The first-order valence-electron chi connectivity index (χ1n) is 18.2. The van der Waals surface area contributed by atoms with E-state index in [0.717, 1.165) is 0 Å². The number of rotatable bonds is 1. The summed E-state index contributed by atoms with van der Waals surface area (Å²) in [6.45, 7) is 32.7. The topological polar surface area (TPSA) is 17.8 Å². The fourth-order valence-electron chi connectivity index (χ4n) is 4.45. The van der Waals surface area contributed by atoms with Crippen LogP contribution in [0.4, 0.5) is 0 Å². The van der Waals surface area contributed by atoms with Crippen molar-refractivity contribution in [3.05, 3.63) is 127 Å². The average Bonchev–Trinajstić information content (AvgIpc) is 3.48. The van der Waals surface area contributed by atoms with Gasteiger partial charge in [-0.2, -0.15) is 5.10 Å². The molecule has 0 atom stereocenters. The summed E-state index contributed by atoms with van der Waals surface area (Å²) in [5.41, 5.74) is 7.19. The van der Waals surface area contributed by atoms with Crippen molar-refractivity contribution in [2.45, 2.75) is 139 Å². The zero-order valence-electron chi connectivity index (χ0n) is 33.5. The molecule has 5 rings (SSSR count). The van der Waals surface area contributed by atoms with Crippen LogP contribution in [0, 0.1) is 0 Å². The van der Waals surface area contributed by atoms with E-state index in [0.29, 0.717) is 5.41 Å². The number of fused-ring (bicyclic) bond motifs is 1. The summed E-state index contributed by atoms with van der Waals surface area (Å²) in [5, 5.41) is 5.59. The highest BCUT2D eigenvalue weighted by Crippen LogP contribution is 2.32. The van der Waals surface area contributed by atoms with Gasteiger partial charge in [-0.1, -0.05) is 205 Å². The summed E-state index contributed by atoms with van der Waals surface area (Å²) in [7, 11) is 0. The Bertz CT molecular complexity index is 1470. The van der Waals surface area contributed by atoms with Crippen LogP contribution in [0.5, 0.6) is 0 Å². The van der Waals surface area contributed by atoms with E-state index >= 15 is 0 Å². The highest BCUT2D eigenvalue weighted by molar-refractivity contribution is 5.78. The molecule has 0 aliphatic heterocycles. The Morgan fingerprint density at radius 3 is 1.33 bits per heavy atom. The van der Waals surface area contributed by atoms with Gasteiger partial charge in [0.15, 0.2) is 0 Å². The van der Waals surface area contributed by atoms with Crippen LogP contribution in [0.2, 0.25) is 0 Å². The third kappa shape index (κ3) is 17.0. The van der Waals surface area contributed by atoms with E-state index in [2.05, 4.69) is 211 Å². The Balaban J connectivity index is 0.000000624. The zero-order valence-corrected chi connectivity index (χ0v) is 33.5. The standard InChI is InChI=1S/C16H18.C11H14N2.C10H14.3C3H8/c1-16(2,3)15-12-8-7-11-14(15)13-9-5-4-6-10-13;1-11(2,3)13-10-7-5-4-6-9(10)8-12-13;1-10(2,3)9-7-5-4-6-8-9;3*1-3-2/h4-12H,1-3H3;4-8H,1-3H3;4-8H,1-3H3;3*3H2,1-2H3. The number of para-hydroxylation sites is 1. The van der Waals surface area contributed by atoms with E-state index in [1.807, 2.05) is 18.3 Å². The van der Waals surface area contributed by atoms with E-state index in [1.54, 1.807) is 0 Å². The summed E-state index contributed by atoms with van der Waals surface area (Å²) >= 11 is 0. The van der Waals surface area contributed by atoms with Gasteiger partial charge in [-0.25, -0.2) is 0 Å². The molecule has 1 aromatic heterocycles. The van der Waals surface area contributed by atoms with Crippen LogP contribution in [-0.4, -0.2) is 9.78 Å². The van der Waals surface area contributed by atoms with E-state index in [1.165, 1.54) is 52.4 Å². The maximum Gasteiger partial charge on any atom is 0.0688 e. The van der Waals surface area contributed by atoms with Crippen molar-refractivity contribution in [3.8, 4) is 11.1 Å². The molecular formula is C46H70N2.